The van der Waals surface area contributed by atoms with Gasteiger partial charge in [0.25, 0.3) is 5.91 Å². The van der Waals surface area contributed by atoms with Crippen LogP contribution in [0.25, 0.3) is 11.3 Å². The van der Waals surface area contributed by atoms with Crippen LogP contribution in [0.2, 0.25) is 10.0 Å². The van der Waals surface area contributed by atoms with Crippen LogP contribution in [-0.2, 0) is 19.0 Å². The number of hydrogen-bond donors (Lipinski definition) is 3. The first-order chi connectivity index (χ1) is 19.6. The summed E-state index contributed by atoms with van der Waals surface area (Å²) < 4.78 is 20.0. The Kier molecular flexibility index (Phi) is 9.70. The minimum absolute atomic E-state index is 0.0555. The van der Waals surface area contributed by atoms with E-state index in [0.29, 0.717) is 35.9 Å². The van der Waals surface area contributed by atoms with E-state index in [1.807, 2.05) is 6.07 Å². The van der Waals surface area contributed by atoms with E-state index >= 15 is 0 Å². The van der Waals surface area contributed by atoms with E-state index in [-0.39, 0.29) is 13.2 Å². The molecule has 220 valence electrons. The lowest BCUT2D eigenvalue weighted by Gasteiger charge is -2.45. The van der Waals surface area contributed by atoms with Crippen LogP contribution in [0, 0.1) is 0 Å². The lowest BCUT2D eigenvalue weighted by atomic mass is 9.91. The maximum Gasteiger partial charge on any atom is 0.259 e. The third kappa shape index (κ3) is 6.21. The second-order valence-electron chi connectivity index (χ2n) is 9.68. The van der Waals surface area contributed by atoms with Crippen molar-refractivity contribution in [2.24, 2.45) is 0 Å². The van der Waals surface area contributed by atoms with Gasteiger partial charge in [0, 0.05) is 27.3 Å². The SMILES string of the molecule is COC1C(C(=O)N(c2cc(Br)cc(Br)c2)[C@@H]2COC[C@H]2O)OC(CO)C(O)C1n1cc(-c2ccc(Cl)c(Cl)c2)nn1. The molecule has 0 aliphatic carbocycles. The molecule has 0 radical (unpaired) electrons. The fraction of sp³-hybridized carbons (Fsp3) is 0.423. The third-order valence-corrected chi connectivity index (χ3v) is 8.78. The highest BCUT2D eigenvalue weighted by Gasteiger charge is 2.52. The molecule has 2 fully saturated rings. The zero-order chi connectivity index (χ0) is 29.4. The van der Waals surface area contributed by atoms with Crippen molar-refractivity contribution in [3.05, 3.63) is 61.6 Å². The number of halogens is 4. The molecule has 3 aromatic rings. The molecule has 2 aliphatic heterocycles. The quantitative estimate of drug-likeness (QED) is 0.334. The van der Waals surface area contributed by atoms with Gasteiger partial charge in [-0.3, -0.25) is 4.79 Å². The van der Waals surface area contributed by atoms with Gasteiger partial charge in [0.2, 0.25) is 0 Å². The molecule has 1 aromatic heterocycles. The highest BCUT2D eigenvalue weighted by atomic mass is 79.9. The van der Waals surface area contributed by atoms with E-state index in [1.165, 1.54) is 16.7 Å². The van der Waals surface area contributed by atoms with Gasteiger partial charge in [-0.05, 0) is 30.3 Å². The first kappa shape index (κ1) is 30.8. The fourth-order valence-electron chi connectivity index (χ4n) is 5.15. The number of amides is 1. The highest BCUT2D eigenvalue weighted by Crippen LogP contribution is 2.37. The minimum Gasteiger partial charge on any atom is -0.394 e. The number of aromatic nitrogens is 3. The molecule has 0 bridgehead atoms. The summed E-state index contributed by atoms with van der Waals surface area (Å²) in [4.78, 5) is 15.8. The molecule has 0 saturated carbocycles. The first-order valence-electron chi connectivity index (χ1n) is 12.5. The number of aliphatic hydroxyl groups excluding tert-OH is 3. The molecule has 5 unspecified atom stereocenters. The molecule has 5 rings (SSSR count). The number of aliphatic hydroxyl groups is 3. The zero-order valence-electron chi connectivity index (χ0n) is 21.5. The zero-order valence-corrected chi connectivity index (χ0v) is 26.2. The number of carbonyl (C=O) groups excluding carboxylic acids is 1. The number of nitrogens with zero attached hydrogens (tertiary/aromatic N) is 4. The minimum atomic E-state index is -1.31. The maximum absolute atomic E-state index is 14.4. The molecule has 2 saturated heterocycles. The Balaban J connectivity index is 1.54. The second-order valence-corrected chi connectivity index (χ2v) is 12.3. The lowest BCUT2D eigenvalue weighted by Crippen LogP contribution is -2.63. The summed E-state index contributed by atoms with van der Waals surface area (Å²) >= 11 is 19.1. The van der Waals surface area contributed by atoms with Crippen LogP contribution in [0.1, 0.15) is 6.04 Å². The van der Waals surface area contributed by atoms with Crippen LogP contribution in [0.3, 0.4) is 0 Å². The largest absolute Gasteiger partial charge is 0.394 e. The number of benzene rings is 2. The number of hydrogen-bond acceptors (Lipinski definition) is 9. The molecule has 7 atom stereocenters. The standard InChI is InChI=1S/C26H26Br2Cl2N4O7/c1-39-24-22(33-8-18(31-32-33)12-2-3-16(29)17(30)4-12)23(37)21(9-35)41-25(24)26(38)34(19-10-40-11-20(19)36)15-6-13(27)5-14(28)7-15/h2-8,19-25,35-37H,9-11H2,1H3/t19-,20-,21?,22?,23?,24?,25?/m1/s1. The first-order valence-corrected chi connectivity index (χ1v) is 14.9. The molecular weight excluding hydrogens is 711 g/mol. The summed E-state index contributed by atoms with van der Waals surface area (Å²) in [7, 11) is 1.39. The van der Waals surface area contributed by atoms with Crippen molar-refractivity contribution < 1.29 is 34.3 Å². The molecule has 11 nitrogen and oxygen atoms in total. The van der Waals surface area contributed by atoms with Crippen molar-refractivity contribution in [2.45, 2.75) is 42.6 Å². The summed E-state index contributed by atoms with van der Waals surface area (Å²) in [5.41, 5.74) is 1.54. The molecule has 0 spiro atoms. The summed E-state index contributed by atoms with van der Waals surface area (Å²) in [6.45, 7) is -0.434. The van der Waals surface area contributed by atoms with Crippen LogP contribution in [-0.4, -0.2) is 99.7 Å². The normalized spacial score (nSPS) is 28.1. The highest BCUT2D eigenvalue weighted by molar-refractivity contribution is 9.11. The van der Waals surface area contributed by atoms with Gasteiger partial charge < -0.3 is 34.4 Å². The summed E-state index contributed by atoms with van der Waals surface area (Å²) in [6.07, 6.45) is -4.22. The van der Waals surface area contributed by atoms with Crippen LogP contribution < -0.4 is 4.90 Å². The summed E-state index contributed by atoms with van der Waals surface area (Å²) in [5, 5.41) is 41.2. The molecule has 41 heavy (non-hydrogen) atoms. The second kappa shape index (κ2) is 12.9. The van der Waals surface area contributed by atoms with Crippen molar-refractivity contribution in [1.82, 2.24) is 15.0 Å². The van der Waals surface area contributed by atoms with Crippen molar-refractivity contribution in [3.63, 3.8) is 0 Å². The number of carbonyl (C=O) groups is 1. The molecule has 3 heterocycles. The average molecular weight is 737 g/mol. The Morgan fingerprint density at radius 2 is 1.88 bits per heavy atom. The van der Waals surface area contributed by atoms with Crippen LogP contribution in [0.15, 0.2) is 51.5 Å². The van der Waals surface area contributed by atoms with Crippen LogP contribution >= 0.6 is 55.1 Å². The number of ether oxygens (including phenoxy) is 3. The van der Waals surface area contributed by atoms with E-state index in [1.54, 1.807) is 36.5 Å². The molecule has 15 heteroatoms. The van der Waals surface area contributed by atoms with Gasteiger partial charge in [0.05, 0.1) is 42.1 Å². The van der Waals surface area contributed by atoms with Gasteiger partial charge in [0.1, 0.15) is 36.2 Å². The van der Waals surface area contributed by atoms with Crippen molar-refractivity contribution in [2.75, 3.05) is 31.8 Å². The molecule has 3 N–H and O–H groups in total. The average Bonchev–Trinajstić information content (AvgIpc) is 3.59. The third-order valence-electron chi connectivity index (χ3n) is 7.13. The summed E-state index contributed by atoms with van der Waals surface area (Å²) in [5.74, 6) is -0.559. The summed E-state index contributed by atoms with van der Waals surface area (Å²) in [6, 6.07) is 8.56. The maximum atomic E-state index is 14.4. The number of rotatable bonds is 7. The van der Waals surface area contributed by atoms with Gasteiger partial charge in [-0.1, -0.05) is 66.3 Å². The Labute approximate surface area is 262 Å². The smallest absolute Gasteiger partial charge is 0.259 e. The number of methoxy groups -OCH3 is 1. The van der Waals surface area contributed by atoms with E-state index < -0.39 is 55.1 Å². The topological polar surface area (TPSA) is 139 Å². The van der Waals surface area contributed by atoms with Crippen molar-refractivity contribution in [3.8, 4) is 11.3 Å². The fourth-order valence-corrected chi connectivity index (χ4v) is 6.71. The molecule has 2 aliphatic rings. The van der Waals surface area contributed by atoms with Crippen LogP contribution in [0.4, 0.5) is 5.69 Å². The van der Waals surface area contributed by atoms with E-state index in [0.717, 1.165) is 0 Å². The Bertz CT molecular complexity index is 1400. The van der Waals surface area contributed by atoms with Crippen LogP contribution in [0.5, 0.6) is 0 Å². The van der Waals surface area contributed by atoms with Crippen molar-refractivity contribution in [1.29, 1.82) is 0 Å². The van der Waals surface area contributed by atoms with E-state index in [9.17, 15) is 20.1 Å². The lowest BCUT2D eigenvalue weighted by molar-refractivity contribution is -0.211. The van der Waals surface area contributed by atoms with E-state index in [2.05, 4.69) is 42.2 Å². The Morgan fingerprint density at radius 3 is 2.49 bits per heavy atom. The van der Waals surface area contributed by atoms with E-state index in [4.69, 9.17) is 37.4 Å². The molecule has 1 amide bonds. The Hall–Kier alpha value is -1.65. The van der Waals surface area contributed by atoms with Gasteiger partial charge in [0.15, 0.2) is 6.10 Å². The monoisotopic (exact) mass is 734 g/mol. The predicted octanol–water partition coefficient (Wildman–Crippen LogP) is 3.25. The van der Waals surface area contributed by atoms with Gasteiger partial charge in [-0.15, -0.1) is 5.10 Å². The van der Waals surface area contributed by atoms with Gasteiger partial charge >= 0.3 is 0 Å². The Morgan fingerprint density at radius 1 is 1.15 bits per heavy atom. The van der Waals surface area contributed by atoms with Gasteiger partial charge in [-0.25, -0.2) is 4.68 Å². The van der Waals surface area contributed by atoms with Crippen molar-refractivity contribution >= 4 is 66.7 Å². The number of anilines is 1. The molecular formula is C26H26Br2Cl2N4O7. The van der Waals surface area contributed by atoms with Gasteiger partial charge in [-0.2, -0.15) is 0 Å². The molecule has 2 aromatic carbocycles. The predicted molar refractivity (Wildman–Crippen MR) is 157 cm³/mol.